The van der Waals surface area contributed by atoms with Gasteiger partial charge < -0.3 is 14.9 Å². The van der Waals surface area contributed by atoms with Crippen molar-refractivity contribution in [2.24, 2.45) is 0 Å². The summed E-state index contributed by atoms with van der Waals surface area (Å²) in [6.45, 7) is 3.85. The fourth-order valence-corrected chi connectivity index (χ4v) is 1.65. The number of hydrogen-bond acceptors (Lipinski definition) is 4. The SMILES string of the molecule is CCCCCc1ccccc1O.CCOOP(=O)(O)O. The zero-order chi connectivity index (χ0) is 15.4. The molecule has 6 nitrogen and oxygen atoms in total. The van der Waals surface area contributed by atoms with Gasteiger partial charge in [-0.05, 0) is 31.4 Å². The molecule has 0 saturated heterocycles. The van der Waals surface area contributed by atoms with Crippen LogP contribution >= 0.6 is 7.82 Å². The maximum atomic E-state index is 9.74. The van der Waals surface area contributed by atoms with Crippen LogP contribution in [0.25, 0.3) is 0 Å². The van der Waals surface area contributed by atoms with Crippen molar-refractivity contribution in [3.05, 3.63) is 29.8 Å². The van der Waals surface area contributed by atoms with Crippen LogP contribution in [0.5, 0.6) is 5.75 Å². The molecule has 3 N–H and O–H groups in total. The van der Waals surface area contributed by atoms with Crippen LogP contribution in [0, 0.1) is 0 Å². The molecule has 0 saturated carbocycles. The summed E-state index contributed by atoms with van der Waals surface area (Å²) in [6.07, 6.45) is 4.65. The first kappa shape index (κ1) is 19.1. The molecular formula is C13H23O6P. The number of rotatable bonds is 7. The summed E-state index contributed by atoms with van der Waals surface area (Å²) in [6, 6.07) is 7.58. The minimum atomic E-state index is -4.40. The quantitative estimate of drug-likeness (QED) is 0.310. The molecule has 0 radical (unpaired) electrons. The third kappa shape index (κ3) is 11.0. The Labute approximate surface area is 119 Å². The molecule has 0 atom stereocenters. The zero-order valence-corrected chi connectivity index (χ0v) is 12.8. The maximum Gasteiger partial charge on any atom is 0.496 e. The number of unbranched alkanes of at least 4 members (excludes halogenated alkanes) is 2. The molecular weight excluding hydrogens is 283 g/mol. The monoisotopic (exact) mass is 306 g/mol. The molecule has 0 bridgehead atoms. The summed E-state index contributed by atoms with van der Waals surface area (Å²) in [4.78, 5) is 19.8. The van der Waals surface area contributed by atoms with Crippen LogP contribution < -0.4 is 0 Å². The summed E-state index contributed by atoms with van der Waals surface area (Å²) in [5, 5.41) is 9.41. The van der Waals surface area contributed by atoms with Gasteiger partial charge in [-0.2, -0.15) is 0 Å². The van der Waals surface area contributed by atoms with Gasteiger partial charge in [0.1, 0.15) is 5.75 Å². The second-order valence-corrected chi connectivity index (χ2v) is 5.19. The topological polar surface area (TPSA) is 96.2 Å². The van der Waals surface area contributed by atoms with Crippen LogP contribution in [-0.4, -0.2) is 21.5 Å². The van der Waals surface area contributed by atoms with Crippen LogP contribution in [0.15, 0.2) is 24.3 Å². The van der Waals surface area contributed by atoms with Crippen molar-refractivity contribution < 1.29 is 29.0 Å². The number of hydrogen-bond donors (Lipinski definition) is 3. The van der Waals surface area contributed by atoms with Gasteiger partial charge in [-0.15, -0.1) is 4.67 Å². The molecule has 0 aromatic heterocycles. The summed E-state index contributed by atoms with van der Waals surface area (Å²) in [5.74, 6) is 0.439. The summed E-state index contributed by atoms with van der Waals surface area (Å²) in [5.41, 5.74) is 1.07. The number of phenols is 1. The molecule has 20 heavy (non-hydrogen) atoms. The van der Waals surface area contributed by atoms with Crippen molar-refractivity contribution in [2.75, 3.05) is 6.61 Å². The van der Waals surface area contributed by atoms with Gasteiger partial charge in [0.15, 0.2) is 0 Å². The van der Waals surface area contributed by atoms with Gasteiger partial charge in [0, 0.05) is 0 Å². The standard InChI is InChI=1S/C11H16O.C2H7O5P/c1-2-3-4-7-10-8-5-6-9-11(10)12;1-2-6-7-8(3,4)5/h5-6,8-9,12H,2-4,7H2,1H3;2H2,1H3,(H2,3,4,5). The Morgan fingerprint density at radius 3 is 2.25 bits per heavy atom. The van der Waals surface area contributed by atoms with Gasteiger partial charge in [0.25, 0.3) is 0 Å². The third-order valence-corrected chi connectivity index (χ3v) is 2.61. The Morgan fingerprint density at radius 2 is 1.80 bits per heavy atom. The average Bonchev–Trinajstić information content (AvgIpc) is 2.39. The fourth-order valence-electron chi connectivity index (χ4n) is 1.41. The number of phosphoric acid groups is 1. The molecule has 7 heteroatoms. The van der Waals surface area contributed by atoms with Gasteiger partial charge >= 0.3 is 7.82 Å². The lowest BCUT2D eigenvalue weighted by atomic mass is 10.1. The van der Waals surface area contributed by atoms with E-state index in [0.717, 1.165) is 12.0 Å². The normalized spacial score (nSPS) is 10.8. The summed E-state index contributed by atoms with van der Waals surface area (Å²) >= 11 is 0. The Balaban J connectivity index is 0.000000396. The molecule has 0 fully saturated rings. The Kier molecular flexibility index (Phi) is 10.3. The highest BCUT2D eigenvalue weighted by Gasteiger charge is 2.13. The maximum absolute atomic E-state index is 9.74. The van der Waals surface area contributed by atoms with Crippen LogP contribution in [0.2, 0.25) is 0 Å². The first-order chi connectivity index (χ1) is 9.40. The van der Waals surface area contributed by atoms with E-state index in [1.54, 1.807) is 13.0 Å². The van der Waals surface area contributed by atoms with Gasteiger partial charge in [0.2, 0.25) is 0 Å². The third-order valence-electron chi connectivity index (χ3n) is 2.31. The van der Waals surface area contributed by atoms with E-state index in [9.17, 15) is 9.67 Å². The average molecular weight is 306 g/mol. The molecule has 0 unspecified atom stereocenters. The molecule has 0 aliphatic heterocycles. The lowest BCUT2D eigenvalue weighted by molar-refractivity contribution is -0.217. The number of benzene rings is 1. The van der Waals surface area contributed by atoms with E-state index >= 15 is 0 Å². The predicted molar refractivity (Wildman–Crippen MR) is 76.1 cm³/mol. The van der Waals surface area contributed by atoms with Crippen molar-refractivity contribution in [2.45, 2.75) is 39.5 Å². The first-order valence-corrected chi connectivity index (χ1v) is 8.07. The minimum absolute atomic E-state index is 0.116. The van der Waals surface area contributed by atoms with Gasteiger partial charge in [-0.1, -0.05) is 38.0 Å². The number of phenolic OH excluding ortho intramolecular Hbond substituents is 1. The van der Waals surface area contributed by atoms with E-state index in [2.05, 4.69) is 16.5 Å². The molecule has 0 amide bonds. The van der Waals surface area contributed by atoms with Crippen molar-refractivity contribution in [3.63, 3.8) is 0 Å². The molecule has 1 aromatic carbocycles. The molecule has 1 rings (SSSR count). The Hall–Kier alpha value is -0.910. The second-order valence-electron chi connectivity index (χ2n) is 4.06. The highest BCUT2D eigenvalue weighted by molar-refractivity contribution is 7.46. The molecule has 0 aliphatic carbocycles. The van der Waals surface area contributed by atoms with E-state index in [-0.39, 0.29) is 6.61 Å². The number of aryl methyl sites for hydroxylation is 1. The highest BCUT2D eigenvalue weighted by atomic mass is 31.2. The largest absolute Gasteiger partial charge is 0.508 e. The zero-order valence-electron chi connectivity index (χ0n) is 11.9. The first-order valence-electron chi connectivity index (χ1n) is 6.54. The molecule has 116 valence electrons. The van der Waals surface area contributed by atoms with E-state index < -0.39 is 7.82 Å². The van der Waals surface area contributed by atoms with E-state index in [1.807, 2.05) is 18.2 Å². The summed E-state index contributed by atoms with van der Waals surface area (Å²) < 4.78 is 13.3. The molecule has 0 heterocycles. The fraction of sp³-hybridized carbons (Fsp3) is 0.538. The van der Waals surface area contributed by atoms with E-state index in [0.29, 0.717) is 5.75 Å². The van der Waals surface area contributed by atoms with Crippen molar-refractivity contribution in [1.29, 1.82) is 0 Å². The highest BCUT2D eigenvalue weighted by Crippen LogP contribution is 2.35. The van der Waals surface area contributed by atoms with Crippen LogP contribution in [0.3, 0.4) is 0 Å². The van der Waals surface area contributed by atoms with E-state index in [4.69, 9.17) is 9.79 Å². The van der Waals surface area contributed by atoms with E-state index in [1.165, 1.54) is 19.3 Å². The van der Waals surface area contributed by atoms with Crippen LogP contribution in [0.1, 0.15) is 38.7 Å². The lowest BCUT2D eigenvalue weighted by Crippen LogP contribution is -1.89. The van der Waals surface area contributed by atoms with Crippen molar-refractivity contribution in [1.82, 2.24) is 0 Å². The van der Waals surface area contributed by atoms with Gasteiger partial charge in [0.05, 0.1) is 6.61 Å². The van der Waals surface area contributed by atoms with Crippen molar-refractivity contribution in [3.8, 4) is 5.75 Å². The summed E-state index contributed by atoms with van der Waals surface area (Å²) in [7, 11) is -4.40. The van der Waals surface area contributed by atoms with Gasteiger partial charge in [-0.25, -0.2) is 9.45 Å². The second kappa shape index (κ2) is 10.8. The smallest absolute Gasteiger partial charge is 0.496 e. The molecule has 0 aliphatic rings. The number of aromatic hydroxyl groups is 1. The molecule has 1 aromatic rings. The lowest BCUT2D eigenvalue weighted by Gasteiger charge is -2.02. The van der Waals surface area contributed by atoms with Crippen molar-refractivity contribution >= 4 is 7.82 Å². The van der Waals surface area contributed by atoms with Crippen LogP contribution in [-0.2, 0) is 20.5 Å². The minimum Gasteiger partial charge on any atom is -0.508 e. The van der Waals surface area contributed by atoms with Gasteiger partial charge in [-0.3, -0.25) is 0 Å². The molecule has 0 spiro atoms. The Bertz CT molecular complexity index is 404. The Morgan fingerprint density at radius 1 is 1.15 bits per heavy atom. The van der Waals surface area contributed by atoms with Crippen LogP contribution in [0.4, 0.5) is 0 Å². The predicted octanol–water partition coefficient (Wildman–Crippen LogP) is 3.17. The number of para-hydroxylation sites is 1.